The predicted molar refractivity (Wildman–Crippen MR) is 214 cm³/mol. The fourth-order valence-corrected chi connectivity index (χ4v) is 8.09. The molecule has 0 radical (unpaired) electrons. The highest BCUT2D eigenvalue weighted by molar-refractivity contribution is 6.09. The molecular weight excluding hydrogens is 619 g/mol. The third-order valence-corrected chi connectivity index (χ3v) is 10.6. The second-order valence-electron chi connectivity index (χ2n) is 13.8. The summed E-state index contributed by atoms with van der Waals surface area (Å²) in [7, 11) is 0. The number of rotatable bonds is 5. The van der Waals surface area contributed by atoms with E-state index in [-0.39, 0.29) is 0 Å². The zero-order valence-corrected chi connectivity index (χ0v) is 28.4. The van der Waals surface area contributed by atoms with Gasteiger partial charge in [-0.25, -0.2) is 0 Å². The van der Waals surface area contributed by atoms with Crippen LogP contribution < -0.4 is 0 Å². The lowest BCUT2D eigenvalue weighted by Crippen LogP contribution is -2.07. The van der Waals surface area contributed by atoms with Gasteiger partial charge in [-0.15, -0.1) is 0 Å². The summed E-state index contributed by atoms with van der Waals surface area (Å²) >= 11 is 0. The summed E-state index contributed by atoms with van der Waals surface area (Å²) in [4.78, 5) is 0. The SMILES string of the molecule is CC1CC=Cc2c1n(-c1cccc3c1oc1ccc(-c4cccc(-c5cccc(-c6ccccc6)c5)c4)cc13)c1ccc(-c3ccccc3)cc21. The van der Waals surface area contributed by atoms with E-state index in [0.717, 1.165) is 34.0 Å². The molecule has 0 N–H and O–H groups in total. The van der Waals surface area contributed by atoms with Gasteiger partial charge in [0, 0.05) is 33.3 Å². The molecule has 2 heteroatoms. The van der Waals surface area contributed by atoms with Crippen molar-refractivity contribution in [1.29, 1.82) is 0 Å². The van der Waals surface area contributed by atoms with Crippen molar-refractivity contribution in [2.24, 2.45) is 0 Å². The Morgan fingerprint density at radius 1 is 0.490 bits per heavy atom. The molecule has 9 aromatic rings. The summed E-state index contributed by atoms with van der Waals surface area (Å²) in [5, 5.41) is 3.54. The number of nitrogens with zero attached hydrogens (tertiary/aromatic N) is 1. The number of furan rings is 1. The highest BCUT2D eigenvalue weighted by Gasteiger charge is 2.26. The second kappa shape index (κ2) is 11.9. The van der Waals surface area contributed by atoms with Gasteiger partial charge >= 0.3 is 0 Å². The minimum absolute atomic E-state index is 0.379. The van der Waals surface area contributed by atoms with Gasteiger partial charge in [0.1, 0.15) is 5.58 Å². The Morgan fingerprint density at radius 3 is 1.73 bits per heavy atom. The molecule has 2 nitrogen and oxygen atoms in total. The zero-order valence-electron chi connectivity index (χ0n) is 28.4. The smallest absolute Gasteiger partial charge is 0.159 e. The molecule has 1 aliphatic carbocycles. The van der Waals surface area contributed by atoms with Crippen LogP contribution in [0.3, 0.4) is 0 Å². The predicted octanol–water partition coefficient (Wildman–Crippen LogP) is 13.7. The summed E-state index contributed by atoms with van der Waals surface area (Å²) in [5.41, 5.74) is 16.5. The van der Waals surface area contributed by atoms with E-state index in [1.165, 1.54) is 66.7 Å². The molecule has 242 valence electrons. The molecule has 1 atom stereocenters. The van der Waals surface area contributed by atoms with Crippen molar-refractivity contribution < 1.29 is 4.42 Å². The van der Waals surface area contributed by atoms with Crippen molar-refractivity contribution in [3.8, 4) is 50.2 Å². The molecule has 0 aliphatic heterocycles. The molecule has 0 saturated carbocycles. The van der Waals surface area contributed by atoms with E-state index in [9.17, 15) is 0 Å². The quantitative estimate of drug-likeness (QED) is 0.181. The van der Waals surface area contributed by atoms with Crippen LogP contribution in [0.15, 0.2) is 174 Å². The molecule has 2 aromatic heterocycles. The Balaban J connectivity index is 1.09. The van der Waals surface area contributed by atoms with E-state index in [1.54, 1.807) is 0 Å². The Bertz CT molecular complexity index is 2780. The molecule has 0 spiro atoms. The lowest BCUT2D eigenvalue weighted by Gasteiger charge is -2.19. The lowest BCUT2D eigenvalue weighted by atomic mass is 9.92. The van der Waals surface area contributed by atoms with Gasteiger partial charge in [-0.2, -0.15) is 0 Å². The first kappa shape index (κ1) is 29.5. The summed E-state index contributed by atoms with van der Waals surface area (Å²) in [6, 6.07) is 59.1. The summed E-state index contributed by atoms with van der Waals surface area (Å²) < 4.78 is 9.24. The van der Waals surface area contributed by atoms with Crippen molar-refractivity contribution in [1.82, 2.24) is 4.57 Å². The number of fused-ring (bicyclic) bond motifs is 6. The number of aromatic nitrogens is 1. The molecule has 0 fully saturated rings. The summed E-state index contributed by atoms with van der Waals surface area (Å²) in [6.07, 6.45) is 5.66. The van der Waals surface area contributed by atoms with Crippen molar-refractivity contribution in [3.05, 3.63) is 181 Å². The maximum absolute atomic E-state index is 6.78. The topological polar surface area (TPSA) is 18.1 Å². The third-order valence-electron chi connectivity index (χ3n) is 10.6. The first-order chi connectivity index (χ1) is 25.2. The lowest BCUT2D eigenvalue weighted by molar-refractivity contribution is 0.661. The summed E-state index contributed by atoms with van der Waals surface area (Å²) in [6.45, 7) is 2.34. The van der Waals surface area contributed by atoms with Gasteiger partial charge in [-0.05, 0) is 93.4 Å². The number of para-hydroxylation sites is 1. The van der Waals surface area contributed by atoms with Gasteiger partial charge in [0.15, 0.2) is 5.58 Å². The number of benzene rings is 7. The maximum Gasteiger partial charge on any atom is 0.159 e. The molecule has 1 aliphatic rings. The standard InChI is InChI=1S/C49H35NO/c1-32-12-8-21-41-43-30-39(34-15-6-3-7-16-34)24-26-45(43)50(48(32)41)46-23-11-22-42-44-31-40(25-27-47(44)51-49(42)46)38-20-10-19-37(29-38)36-18-9-17-35(28-36)33-13-4-2-5-14-33/h2-11,13-32H,12H2,1H3. The Hall–Kier alpha value is -6.38. The van der Waals surface area contributed by atoms with Gasteiger partial charge in [0.25, 0.3) is 0 Å². The summed E-state index contributed by atoms with van der Waals surface area (Å²) in [5.74, 6) is 0.379. The Labute approximate surface area is 297 Å². The molecule has 0 amide bonds. The Kier molecular flexibility index (Phi) is 6.89. The van der Waals surface area contributed by atoms with Crippen LogP contribution in [0.2, 0.25) is 0 Å². The monoisotopic (exact) mass is 653 g/mol. The van der Waals surface area contributed by atoms with Crippen LogP contribution in [0, 0.1) is 0 Å². The first-order valence-electron chi connectivity index (χ1n) is 17.8. The van der Waals surface area contributed by atoms with E-state index in [4.69, 9.17) is 4.42 Å². The fourth-order valence-electron chi connectivity index (χ4n) is 8.09. The second-order valence-corrected chi connectivity index (χ2v) is 13.8. The molecule has 1 unspecified atom stereocenters. The molecule has 0 saturated heterocycles. The highest BCUT2D eigenvalue weighted by atomic mass is 16.3. The van der Waals surface area contributed by atoms with Crippen LogP contribution in [0.25, 0.3) is 89.1 Å². The van der Waals surface area contributed by atoms with E-state index < -0.39 is 0 Å². The van der Waals surface area contributed by atoms with Gasteiger partial charge in [-0.1, -0.05) is 140 Å². The van der Waals surface area contributed by atoms with Crippen molar-refractivity contribution in [3.63, 3.8) is 0 Å². The minimum atomic E-state index is 0.379. The third kappa shape index (κ3) is 4.94. The van der Waals surface area contributed by atoms with Crippen molar-refractivity contribution in [2.45, 2.75) is 19.3 Å². The van der Waals surface area contributed by atoms with E-state index >= 15 is 0 Å². The number of allylic oxidation sites excluding steroid dienone is 1. The largest absolute Gasteiger partial charge is 0.454 e. The van der Waals surface area contributed by atoms with Crippen LogP contribution in [-0.2, 0) is 0 Å². The zero-order chi connectivity index (χ0) is 33.9. The van der Waals surface area contributed by atoms with E-state index in [1.807, 2.05) is 0 Å². The molecule has 51 heavy (non-hydrogen) atoms. The van der Waals surface area contributed by atoms with Gasteiger partial charge in [0.2, 0.25) is 0 Å². The Morgan fingerprint density at radius 2 is 1.04 bits per heavy atom. The average Bonchev–Trinajstić information content (AvgIpc) is 3.75. The van der Waals surface area contributed by atoms with E-state index in [2.05, 4.69) is 187 Å². The molecule has 0 bridgehead atoms. The minimum Gasteiger partial charge on any atom is -0.454 e. The maximum atomic E-state index is 6.78. The molecule has 10 rings (SSSR count). The molecule has 7 aromatic carbocycles. The van der Waals surface area contributed by atoms with Gasteiger partial charge in [0.05, 0.1) is 11.2 Å². The van der Waals surface area contributed by atoms with Crippen molar-refractivity contribution >= 4 is 38.9 Å². The number of hydrogen-bond acceptors (Lipinski definition) is 1. The van der Waals surface area contributed by atoms with Gasteiger partial charge in [-0.3, -0.25) is 0 Å². The molecular formula is C49H35NO. The molecule has 2 heterocycles. The van der Waals surface area contributed by atoms with Crippen LogP contribution in [0.1, 0.15) is 30.5 Å². The van der Waals surface area contributed by atoms with E-state index in [0.29, 0.717) is 5.92 Å². The van der Waals surface area contributed by atoms with Gasteiger partial charge < -0.3 is 8.98 Å². The normalized spacial score (nSPS) is 14.0. The van der Waals surface area contributed by atoms with Crippen molar-refractivity contribution in [2.75, 3.05) is 0 Å². The average molecular weight is 654 g/mol. The number of hydrogen-bond donors (Lipinski definition) is 0. The fraction of sp³-hybridized carbons (Fsp3) is 0.0612. The highest BCUT2D eigenvalue weighted by Crippen LogP contribution is 2.43. The van der Waals surface area contributed by atoms with Crippen LogP contribution in [0.5, 0.6) is 0 Å². The van der Waals surface area contributed by atoms with Crippen LogP contribution in [0.4, 0.5) is 0 Å². The van der Waals surface area contributed by atoms with Crippen LogP contribution in [-0.4, -0.2) is 4.57 Å². The van der Waals surface area contributed by atoms with Crippen LogP contribution >= 0.6 is 0 Å². The first-order valence-corrected chi connectivity index (χ1v) is 17.8.